The van der Waals surface area contributed by atoms with Crippen molar-refractivity contribution in [2.75, 3.05) is 22.9 Å². The molecule has 300 valence electrons. The Labute approximate surface area is 340 Å². The first-order valence-electron chi connectivity index (χ1n) is 19.4. The quantitative estimate of drug-likeness (QED) is 0.0556. The van der Waals surface area contributed by atoms with E-state index < -0.39 is 33.3 Å². The van der Waals surface area contributed by atoms with Crippen molar-refractivity contribution in [3.63, 3.8) is 0 Å². The number of ketones is 1. The number of ether oxygens (including phenoxy) is 1. The molecule has 56 heavy (non-hydrogen) atoms. The first-order chi connectivity index (χ1) is 26.9. The topological polar surface area (TPSA) is 162 Å². The molecule has 13 heteroatoms. The first kappa shape index (κ1) is 42.4. The molecule has 0 fully saturated rings. The number of carbonyl (C=O) groups is 4. The molecule has 0 spiro atoms. The number of fused-ring (bicyclic) bond motifs is 5. The van der Waals surface area contributed by atoms with E-state index in [1.54, 1.807) is 0 Å². The molecule has 4 aromatic rings. The summed E-state index contributed by atoms with van der Waals surface area (Å²) in [6.07, 6.45) is 2.35. The maximum absolute atomic E-state index is 14.0. The molecule has 1 aliphatic heterocycles. The average Bonchev–Trinajstić information content (AvgIpc) is 3.57. The molecular formula is C43H55IN7O5-. The second-order valence-electron chi connectivity index (χ2n) is 15.1. The molecule has 5 rings (SSSR count). The van der Waals surface area contributed by atoms with Gasteiger partial charge in [0.25, 0.3) is 0 Å². The van der Waals surface area contributed by atoms with Gasteiger partial charge in [-0.15, -0.1) is 5.10 Å². The number of nitrogens with zero attached hydrogens (tertiary/aromatic N) is 4. The molecule has 3 aromatic carbocycles. The summed E-state index contributed by atoms with van der Waals surface area (Å²) >= 11 is -0.622. The van der Waals surface area contributed by atoms with Crippen LogP contribution in [0.4, 0.5) is 15.3 Å². The minimum absolute atomic E-state index is 0.0395. The van der Waals surface area contributed by atoms with Crippen molar-refractivity contribution in [1.29, 1.82) is 0 Å². The Morgan fingerprint density at radius 1 is 0.893 bits per heavy atom. The average molecular weight is 877 g/mol. The Hall–Kier alpha value is -4.79. The van der Waals surface area contributed by atoms with Gasteiger partial charge in [0, 0.05) is 48.9 Å². The van der Waals surface area contributed by atoms with Crippen LogP contribution in [0.2, 0.25) is 0 Å². The normalized spacial score (nSPS) is 13.2. The van der Waals surface area contributed by atoms with E-state index >= 15 is 0 Å². The third-order valence-corrected chi connectivity index (χ3v) is 11.3. The number of hydrogen-bond acceptors (Lipinski definition) is 8. The predicted octanol–water partition coefficient (Wildman–Crippen LogP) is 3.74. The number of carbonyl (C=O) groups excluding carboxylic acids is 4. The van der Waals surface area contributed by atoms with Crippen LogP contribution in [-0.2, 0) is 40.4 Å². The molecule has 3 amide bonds. The van der Waals surface area contributed by atoms with Crippen LogP contribution in [0.25, 0.3) is 22.5 Å². The number of benzene rings is 3. The summed E-state index contributed by atoms with van der Waals surface area (Å²) in [6.45, 7) is 11.1. The fourth-order valence-electron chi connectivity index (χ4n) is 7.22. The standard InChI is InChI=1S/C43H55IN7O5/c1-28(2)25-51-40-34-13-7-6-12-32(34)26-50(37-17-9-8-14-35(37)39(40)48-49-51)23-11-15-33(29(3)4)41(53)47-36(16-10-22-46-43(45)55)38(52)24-30-18-20-31(21-19-30)27-56-42(54)44-5/h6-9,12-14,17-21,28-29,33,36H,10-11,15-16,22-27H2,1-5H3,(H,47,53)(H3,45,46,55)/q-1/t33-,36-/m0/s1. The Bertz CT molecular complexity index is 1960. The van der Waals surface area contributed by atoms with Gasteiger partial charge < -0.3 is 16.0 Å². The zero-order chi connectivity index (χ0) is 40.2. The third kappa shape index (κ3) is 11.4. The Morgan fingerprint density at radius 3 is 2.29 bits per heavy atom. The number of rotatable bonds is 19. The van der Waals surface area contributed by atoms with Gasteiger partial charge in [-0.05, 0) is 36.3 Å². The molecule has 0 radical (unpaired) electrons. The fourth-order valence-corrected chi connectivity index (χ4v) is 7.68. The van der Waals surface area contributed by atoms with Crippen molar-refractivity contribution in [3.8, 4) is 22.5 Å². The molecule has 2 atom stereocenters. The number of primary amides is 1. The van der Waals surface area contributed by atoms with Crippen LogP contribution in [-0.4, -0.2) is 60.8 Å². The third-order valence-electron chi connectivity index (χ3n) is 10.1. The molecular weight excluding hydrogens is 821 g/mol. The summed E-state index contributed by atoms with van der Waals surface area (Å²) in [5.41, 5.74) is 13.3. The summed E-state index contributed by atoms with van der Waals surface area (Å²) in [5.74, 6) is -0.135. The van der Waals surface area contributed by atoms with Gasteiger partial charge in [-0.2, -0.15) is 0 Å². The molecule has 0 bridgehead atoms. The minimum atomic E-state index is -0.733. The molecule has 0 saturated carbocycles. The van der Waals surface area contributed by atoms with Gasteiger partial charge in [0.2, 0.25) is 0 Å². The van der Waals surface area contributed by atoms with Crippen molar-refractivity contribution >= 4 is 27.4 Å². The summed E-state index contributed by atoms with van der Waals surface area (Å²) in [7, 11) is 0. The zero-order valence-corrected chi connectivity index (χ0v) is 35.3. The van der Waals surface area contributed by atoms with Crippen molar-refractivity contribution < 1.29 is 45.1 Å². The number of aromatic nitrogens is 3. The molecule has 0 unspecified atom stereocenters. The Balaban J connectivity index is 1.29. The number of halogens is 1. The van der Waals surface area contributed by atoms with Gasteiger partial charge in [0.1, 0.15) is 5.69 Å². The van der Waals surface area contributed by atoms with Crippen LogP contribution in [0.3, 0.4) is 0 Å². The molecule has 4 N–H and O–H groups in total. The summed E-state index contributed by atoms with van der Waals surface area (Å²) in [5, 5.41) is 15.0. The van der Waals surface area contributed by atoms with E-state index in [0.29, 0.717) is 44.8 Å². The van der Waals surface area contributed by atoms with Crippen molar-refractivity contribution in [1.82, 2.24) is 25.6 Å². The van der Waals surface area contributed by atoms with Crippen molar-refractivity contribution in [2.45, 2.75) is 85.5 Å². The SMILES string of the molecule is C[I-]C(=O)OCc1ccc(CC(=O)[C@H](CCCNC(N)=O)NC(=O)[C@@H](CCCN2Cc3ccccc3-c3c(nnn3CC(C)C)-c3ccccc32)C(C)C)cc1. The number of nitrogens with two attached hydrogens (primary N) is 1. The summed E-state index contributed by atoms with van der Waals surface area (Å²) < 4.78 is 7.14. The summed E-state index contributed by atoms with van der Waals surface area (Å²) in [4.78, 5) is 54.9. The van der Waals surface area contributed by atoms with E-state index in [4.69, 9.17) is 15.6 Å². The van der Waals surface area contributed by atoms with Crippen molar-refractivity contribution in [2.24, 2.45) is 23.5 Å². The summed E-state index contributed by atoms with van der Waals surface area (Å²) in [6, 6.07) is 22.8. The molecule has 1 aliphatic rings. The molecule has 0 saturated heterocycles. The van der Waals surface area contributed by atoms with Gasteiger partial charge in [-0.3, -0.25) is 4.79 Å². The monoisotopic (exact) mass is 876 g/mol. The zero-order valence-electron chi connectivity index (χ0n) is 33.1. The number of Topliss-reactive ketones (excluding diaryl/α,β-unsaturated/α-hetero) is 1. The van der Waals surface area contributed by atoms with Crippen LogP contribution in [0.15, 0.2) is 72.8 Å². The molecule has 12 nitrogen and oxygen atoms in total. The number of nitrogens with one attached hydrogen (secondary N) is 2. The van der Waals surface area contributed by atoms with Gasteiger partial charge in [-0.25, -0.2) is 9.48 Å². The van der Waals surface area contributed by atoms with Crippen molar-refractivity contribution in [3.05, 3.63) is 89.5 Å². The van der Waals surface area contributed by atoms with Crippen LogP contribution >= 0.6 is 0 Å². The van der Waals surface area contributed by atoms with Crippen LogP contribution < -0.4 is 42.5 Å². The number of alkyl halides is 1. The van der Waals surface area contributed by atoms with E-state index in [1.165, 1.54) is 5.56 Å². The number of hydrogen-bond donors (Lipinski definition) is 3. The molecule has 2 heterocycles. The first-order valence-corrected chi connectivity index (χ1v) is 22.6. The molecule has 0 aliphatic carbocycles. The number of anilines is 1. The second kappa shape index (κ2) is 20.4. The van der Waals surface area contributed by atoms with E-state index in [1.807, 2.05) is 53.8 Å². The van der Waals surface area contributed by atoms with E-state index in [0.717, 1.165) is 52.3 Å². The number of para-hydroxylation sites is 1. The van der Waals surface area contributed by atoms with Gasteiger partial charge in [0.05, 0.1) is 5.69 Å². The van der Waals surface area contributed by atoms with Crippen LogP contribution in [0.1, 0.15) is 70.1 Å². The van der Waals surface area contributed by atoms with E-state index in [-0.39, 0.29) is 40.5 Å². The maximum atomic E-state index is 14.0. The Kier molecular flexibility index (Phi) is 15.4. The number of amides is 3. The predicted molar refractivity (Wildman–Crippen MR) is 214 cm³/mol. The second-order valence-corrected chi connectivity index (χ2v) is 17.1. The van der Waals surface area contributed by atoms with Gasteiger partial charge in [0.15, 0.2) is 0 Å². The molecule has 1 aromatic heterocycles. The van der Waals surface area contributed by atoms with Crippen LogP contribution in [0.5, 0.6) is 0 Å². The van der Waals surface area contributed by atoms with Gasteiger partial charge in [-0.1, -0.05) is 75.4 Å². The van der Waals surface area contributed by atoms with Crippen LogP contribution in [0, 0.1) is 17.8 Å². The van der Waals surface area contributed by atoms with E-state index in [2.05, 4.69) is 77.1 Å². The van der Waals surface area contributed by atoms with Gasteiger partial charge >= 0.3 is 135 Å². The Morgan fingerprint density at radius 2 is 1.59 bits per heavy atom. The fraction of sp³-hybridized carbons (Fsp3) is 0.442. The number of urea groups is 1. The van der Waals surface area contributed by atoms with E-state index in [9.17, 15) is 19.2 Å².